The number of aliphatic hydroxyl groups is 4. The normalized spacial score (nSPS) is 13.7. The minimum atomic E-state index is -1.23. The number of nitrogens with one attached hydrogen (secondary N) is 2. The zero-order valence-corrected chi connectivity index (χ0v) is 26.0. The van der Waals surface area contributed by atoms with Crippen LogP contribution in [0.15, 0.2) is 0 Å². The Labute approximate surface area is 244 Å². The van der Waals surface area contributed by atoms with Crippen LogP contribution in [0.4, 0.5) is 0 Å². The molecule has 8 N–H and O–H groups in total. The van der Waals surface area contributed by atoms with Crippen LogP contribution in [0.1, 0.15) is 130 Å². The van der Waals surface area contributed by atoms with Gasteiger partial charge in [0.1, 0.15) is 12.2 Å². The van der Waals surface area contributed by atoms with Gasteiger partial charge in [-0.2, -0.15) is 0 Å². The van der Waals surface area contributed by atoms with E-state index >= 15 is 0 Å². The number of hydrogen-bond donors (Lipinski definition) is 8. The SMILES string of the molecule is CC(O)C(=O)O.CC(O)C(=O)O.CCCCCCCC(O)CNCCCCCCNCC(O)CCCCCCC. The lowest BCUT2D eigenvalue weighted by Crippen LogP contribution is -2.28. The highest BCUT2D eigenvalue weighted by molar-refractivity contribution is 5.71. The average molecular weight is 581 g/mol. The Morgan fingerprint density at radius 1 is 0.525 bits per heavy atom. The predicted molar refractivity (Wildman–Crippen MR) is 162 cm³/mol. The zero-order valence-electron chi connectivity index (χ0n) is 26.0. The molecule has 0 aliphatic carbocycles. The van der Waals surface area contributed by atoms with Crippen molar-refractivity contribution in [3.05, 3.63) is 0 Å². The maximum atomic E-state index is 9.95. The van der Waals surface area contributed by atoms with Gasteiger partial charge in [-0.1, -0.05) is 90.9 Å². The highest BCUT2D eigenvalue weighted by Gasteiger charge is 2.05. The van der Waals surface area contributed by atoms with Gasteiger partial charge in [-0.05, 0) is 52.6 Å². The molecule has 0 saturated carbocycles. The summed E-state index contributed by atoms with van der Waals surface area (Å²) < 4.78 is 0. The smallest absolute Gasteiger partial charge is 0.332 e. The number of aliphatic hydroxyl groups excluding tert-OH is 4. The van der Waals surface area contributed by atoms with Crippen LogP contribution in [0, 0.1) is 0 Å². The molecule has 242 valence electrons. The van der Waals surface area contributed by atoms with Gasteiger partial charge in [-0.25, -0.2) is 9.59 Å². The third-order valence-corrected chi connectivity index (χ3v) is 6.21. The number of carbonyl (C=O) groups is 2. The van der Waals surface area contributed by atoms with Crippen LogP contribution in [0.5, 0.6) is 0 Å². The molecule has 4 unspecified atom stereocenters. The summed E-state index contributed by atoms with van der Waals surface area (Å²) in [6.45, 7) is 10.4. The van der Waals surface area contributed by atoms with Gasteiger partial charge >= 0.3 is 11.9 Å². The summed E-state index contributed by atoms with van der Waals surface area (Å²) in [5, 5.41) is 58.2. The fourth-order valence-electron chi connectivity index (χ4n) is 3.56. The van der Waals surface area contributed by atoms with Crippen LogP contribution >= 0.6 is 0 Å². The van der Waals surface area contributed by atoms with Crippen LogP contribution in [-0.2, 0) is 9.59 Å². The molecular formula is C30H64N2O8. The number of carboxylic acids is 2. The highest BCUT2D eigenvalue weighted by Crippen LogP contribution is 2.08. The van der Waals surface area contributed by atoms with Gasteiger partial charge in [0.2, 0.25) is 0 Å². The first-order chi connectivity index (χ1) is 19.0. The Bertz CT molecular complexity index is 490. The Kier molecular flexibility index (Phi) is 36.6. The summed E-state index contributed by atoms with van der Waals surface area (Å²) in [5.41, 5.74) is 0. The Morgan fingerprint density at radius 2 is 0.800 bits per heavy atom. The Balaban J connectivity index is -0.000000941. The summed E-state index contributed by atoms with van der Waals surface area (Å²) in [7, 11) is 0. The Morgan fingerprint density at radius 3 is 1.07 bits per heavy atom. The molecule has 0 heterocycles. The number of rotatable bonds is 25. The van der Waals surface area contributed by atoms with Crippen LogP contribution in [-0.4, -0.2) is 93.2 Å². The standard InChI is InChI=1S/C24H52N2O2.2C3H6O3/c1-3-5-7-9-13-17-23(27)21-25-19-15-11-12-16-20-26-22-24(28)18-14-10-8-6-4-2;2*1-2(4)3(5)6/h23-28H,3-22H2,1-2H3;2*2,4H,1H3,(H,5,6). The van der Waals surface area contributed by atoms with E-state index in [0.717, 1.165) is 51.9 Å². The van der Waals surface area contributed by atoms with Crippen molar-refractivity contribution in [1.82, 2.24) is 10.6 Å². The summed E-state index contributed by atoms with van der Waals surface area (Å²) in [6.07, 6.45) is 16.6. The van der Waals surface area contributed by atoms with E-state index < -0.39 is 24.1 Å². The van der Waals surface area contributed by atoms with Gasteiger partial charge in [0.15, 0.2) is 0 Å². The van der Waals surface area contributed by atoms with Gasteiger partial charge in [-0.15, -0.1) is 0 Å². The molecule has 10 nitrogen and oxygen atoms in total. The molecule has 0 bridgehead atoms. The van der Waals surface area contributed by atoms with Crippen molar-refractivity contribution in [2.45, 2.75) is 155 Å². The van der Waals surface area contributed by atoms with Crippen LogP contribution in [0.2, 0.25) is 0 Å². The fraction of sp³-hybridized carbons (Fsp3) is 0.933. The van der Waals surface area contributed by atoms with Crippen molar-refractivity contribution >= 4 is 11.9 Å². The first-order valence-corrected chi connectivity index (χ1v) is 15.6. The van der Waals surface area contributed by atoms with E-state index in [1.807, 2.05) is 0 Å². The van der Waals surface area contributed by atoms with E-state index in [4.69, 9.17) is 20.4 Å². The van der Waals surface area contributed by atoms with E-state index in [1.165, 1.54) is 90.9 Å². The van der Waals surface area contributed by atoms with Gasteiger partial charge in [0.25, 0.3) is 0 Å². The van der Waals surface area contributed by atoms with Crippen molar-refractivity contribution in [2.24, 2.45) is 0 Å². The lowest BCUT2D eigenvalue weighted by atomic mass is 10.1. The minimum absolute atomic E-state index is 0.177. The van der Waals surface area contributed by atoms with Crippen molar-refractivity contribution in [3.63, 3.8) is 0 Å². The summed E-state index contributed by atoms with van der Waals surface area (Å²) in [6, 6.07) is 0. The maximum absolute atomic E-state index is 9.95. The number of unbranched alkanes of at least 4 members (excludes halogenated alkanes) is 11. The van der Waals surface area contributed by atoms with Crippen molar-refractivity contribution in [1.29, 1.82) is 0 Å². The zero-order chi connectivity index (χ0) is 31.0. The molecule has 0 aliphatic heterocycles. The molecule has 0 fully saturated rings. The Hall–Kier alpha value is -1.30. The second-order valence-corrected chi connectivity index (χ2v) is 10.6. The summed E-state index contributed by atoms with van der Waals surface area (Å²) in [4.78, 5) is 18.9. The third kappa shape index (κ3) is 41.2. The maximum Gasteiger partial charge on any atom is 0.332 e. The molecule has 0 radical (unpaired) electrons. The van der Waals surface area contributed by atoms with E-state index in [1.54, 1.807) is 0 Å². The molecule has 0 aromatic carbocycles. The molecule has 0 saturated heterocycles. The van der Waals surface area contributed by atoms with Gasteiger partial charge in [0.05, 0.1) is 12.2 Å². The topological polar surface area (TPSA) is 180 Å². The van der Waals surface area contributed by atoms with Crippen LogP contribution in [0.3, 0.4) is 0 Å². The highest BCUT2D eigenvalue weighted by atomic mass is 16.4. The molecule has 40 heavy (non-hydrogen) atoms. The van der Waals surface area contributed by atoms with Gasteiger partial charge < -0.3 is 41.3 Å². The largest absolute Gasteiger partial charge is 0.479 e. The van der Waals surface area contributed by atoms with Crippen LogP contribution in [0.25, 0.3) is 0 Å². The molecule has 0 rings (SSSR count). The number of hydrogen-bond acceptors (Lipinski definition) is 8. The molecule has 10 heteroatoms. The average Bonchev–Trinajstić information content (AvgIpc) is 2.90. The summed E-state index contributed by atoms with van der Waals surface area (Å²) in [5.74, 6) is -2.37. The van der Waals surface area contributed by atoms with Crippen LogP contribution < -0.4 is 10.6 Å². The first-order valence-electron chi connectivity index (χ1n) is 15.6. The predicted octanol–water partition coefficient (Wildman–Crippen LogP) is 4.07. The second kappa shape index (κ2) is 33.9. The van der Waals surface area contributed by atoms with E-state index in [9.17, 15) is 19.8 Å². The molecule has 0 aromatic rings. The molecule has 4 atom stereocenters. The van der Waals surface area contributed by atoms with Crippen molar-refractivity contribution < 1.29 is 40.2 Å². The second-order valence-electron chi connectivity index (χ2n) is 10.6. The first kappa shape index (κ1) is 43.2. The monoisotopic (exact) mass is 580 g/mol. The molecule has 0 aliphatic rings. The lowest BCUT2D eigenvalue weighted by Gasteiger charge is -2.12. The van der Waals surface area contributed by atoms with Crippen molar-refractivity contribution in [3.8, 4) is 0 Å². The van der Waals surface area contributed by atoms with E-state index in [0.29, 0.717) is 0 Å². The quantitative estimate of drug-likeness (QED) is 0.0733. The van der Waals surface area contributed by atoms with E-state index in [-0.39, 0.29) is 12.2 Å². The van der Waals surface area contributed by atoms with Crippen molar-refractivity contribution in [2.75, 3.05) is 26.2 Å². The number of carboxylic acid groups (broad SMARTS) is 2. The lowest BCUT2D eigenvalue weighted by molar-refractivity contribution is -0.146. The fourth-order valence-corrected chi connectivity index (χ4v) is 3.56. The van der Waals surface area contributed by atoms with Gasteiger partial charge in [-0.3, -0.25) is 0 Å². The summed E-state index contributed by atoms with van der Waals surface area (Å²) >= 11 is 0. The molecular weight excluding hydrogens is 516 g/mol. The minimum Gasteiger partial charge on any atom is -0.479 e. The van der Waals surface area contributed by atoms with Gasteiger partial charge in [0, 0.05) is 13.1 Å². The number of aliphatic carboxylic acids is 2. The third-order valence-electron chi connectivity index (χ3n) is 6.21. The van der Waals surface area contributed by atoms with E-state index in [2.05, 4.69) is 24.5 Å². The molecule has 0 amide bonds. The molecule has 0 aromatic heterocycles. The molecule has 0 spiro atoms.